The molecule has 1 heterocycles. The van der Waals surface area contributed by atoms with Crippen molar-refractivity contribution in [1.29, 1.82) is 0 Å². The zero-order valence-corrected chi connectivity index (χ0v) is 19.8. The summed E-state index contributed by atoms with van der Waals surface area (Å²) in [4.78, 5) is 35.3. The number of likely N-dealkylation sites (N-methyl/N-ethyl adjacent to an activating group) is 1. The van der Waals surface area contributed by atoms with Crippen molar-refractivity contribution < 1.29 is 42.8 Å². The summed E-state index contributed by atoms with van der Waals surface area (Å²) in [7, 11) is 1.76. The average molecular weight is 448 g/mol. The second-order valence-electron chi connectivity index (χ2n) is 8.78. The number of hydrogen-bond acceptors (Lipinski definition) is 6. The SMILES string of the molecule is CC(C)(C)CC(=O)N1C[CH-]CC1C=O.CCOC(=O)C(O)C(CC1CC1)NC.[V]. The number of nitrogens with one attached hydrogen (secondary N) is 1. The van der Waals surface area contributed by atoms with Gasteiger partial charge >= 0.3 is 5.97 Å². The van der Waals surface area contributed by atoms with Gasteiger partial charge < -0.3 is 31.3 Å². The zero-order chi connectivity index (χ0) is 21.3. The van der Waals surface area contributed by atoms with E-state index in [1.54, 1.807) is 18.9 Å². The number of nitrogens with zero attached hydrogens (tertiary/aromatic N) is 1. The first-order chi connectivity index (χ1) is 13.1. The fourth-order valence-electron chi connectivity index (χ4n) is 3.13. The summed E-state index contributed by atoms with van der Waals surface area (Å²) in [6, 6.07) is -0.383. The molecule has 0 aromatic rings. The average Bonchev–Trinajstić information content (AvgIpc) is 3.31. The molecular weight excluding hydrogens is 411 g/mol. The Morgan fingerprint density at radius 2 is 1.97 bits per heavy atom. The number of amides is 1. The summed E-state index contributed by atoms with van der Waals surface area (Å²) in [5.41, 5.74) is -0.00684. The number of ether oxygens (including phenoxy) is 1. The third-order valence-corrected chi connectivity index (χ3v) is 4.86. The van der Waals surface area contributed by atoms with Gasteiger partial charge in [-0.05, 0) is 31.7 Å². The van der Waals surface area contributed by atoms with Gasteiger partial charge in [0.15, 0.2) is 6.10 Å². The van der Waals surface area contributed by atoms with Crippen LogP contribution in [0.5, 0.6) is 0 Å². The first-order valence-electron chi connectivity index (χ1n) is 10.2. The van der Waals surface area contributed by atoms with E-state index in [0.717, 1.165) is 12.7 Å². The minimum Gasteiger partial charge on any atom is -0.464 e. The third-order valence-electron chi connectivity index (χ3n) is 4.86. The van der Waals surface area contributed by atoms with E-state index in [-0.39, 0.29) is 42.0 Å². The topological polar surface area (TPSA) is 95.9 Å². The van der Waals surface area contributed by atoms with E-state index in [1.807, 2.05) is 27.2 Å². The Kier molecular flexibility index (Phi) is 13.0. The first-order valence-corrected chi connectivity index (χ1v) is 10.2. The maximum absolute atomic E-state index is 11.8. The molecule has 2 rings (SSSR count). The molecule has 1 aliphatic heterocycles. The molecule has 0 bridgehead atoms. The molecular formula is C21H37N2O5V-. The summed E-state index contributed by atoms with van der Waals surface area (Å²) in [6.07, 6.45) is 6.33. The van der Waals surface area contributed by atoms with E-state index >= 15 is 0 Å². The van der Waals surface area contributed by atoms with Gasteiger partial charge in [0.2, 0.25) is 5.91 Å². The first kappa shape index (κ1) is 28.1. The Morgan fingerprint density at radius 3 is 2.41 bits per heavy atom. The van der Waals surface area contributed by atoms with Gasteiger partial charge in [0.1, 0.15) is 6.29 Å². The number of likely N-dealkylation sites (tertiary alicyclic amines) is 1. The van der Waals surface area contributed by atoms with E-state index in [1.165, 1.54) is 12.8 Å². The van der Waals surface area contributed by atoms with Crippen LogP contribution in [0.1, 0.15) is 59.8 Å². The summed E-state index contributed by atoms with van der Waals surface area (Å²) >= 11 is 0. The Labute approximate surface area is 187 Å². The minimum absolute atomic E-state index is 0. The predicted molar refractivity (Wildman–Crippen MR) is 107 cm³/mol. The van der Waals surface area contributed by atoms with Crippen molar-refractivity contribution in [2.24, 2.45) is 11.3 Å². The number of rotatable bonds is 8. The van der Waals surface area contributed by atoms with Crippen LogP contribution in [0.4, 0.5) is 0 Å². The molecule has 1 saturated carbocycles. The number of carbonyl (C=O) groups excluding carboxylic acids is 3. The van der Waals surface area contributed by atoms with Crippen molar-refractivity contribution in [3.05, 3.63) is 6.42 Å². The smallest absolute Gasteiger partial charge is 0.336 e. The van der Waals surface area contributed by atoms with Crippen molar-refractivity contribution in [3.8, 4) is 0 Å². The fraction of sp³-hybridized carbons (Fsp3) is 0.810. The molecule has 0 aromatic heterocycles. The van der Waals surface area contributed by atoms with Crippen molar-refractivity contribution >= 4 is 18.2 Å². The van der Waals surface area contributed by atoms with Crippen LogP contribution in [0.15, 0.2) is 0 Å². The third kappa shape index (κ3) is 10.6. The van der Waals surface area contributed by atoms with Gasteiger partial charge in [-0.1, -0.05) is 33.6 Å². The van der Waals surface area contributed by atoms with Gasteiger partial charge in [0, 0.05) is 31.0 Å². The monoisotopic (exact) mass is 448 g/mol. The van der Waals surface area contributed by atoms with Gasteiger partial charge in [-0.2, -0.15) is 6.42 Å². The van der Waals surface area contributed by atoms with Gasteiger partial charge in [-0.3, -0.25) is 4.79 Å². The number of esters is 1. The van der Waals surface area contributed by atoms with Gasteiger partial charge in [-0.15, -0.1) is 6.54 Å². The van der Waals surface area contributed by atoms with Gasteiger partial charge in [-0.25, -0.2) is 4.79 Å². The summed E-state index contributed by atoms with van der Waals surface area (Å²) in [6.45, 7) is 8.76. The Hall–Kier alpha value is -0.886. The Balaban J connectivity index is 0.000000523. The molecule has 2 N–H and O–H groups in total. The van der Waals surface area contributed by atoms with E-state index in [0.29, 0.717) is 31.9 Å². The maximum atomic E-state index is 11.8. The van der Waals surface area contributed by atoms with Crippen LogP contribution in [-0.4, -0.2) is 66.6 Å². The Bertz CT molecular complexity index is 520. The van der Waals surface area contributed by atoms with Crippen molar-refractivity contribution in [1.82, 2.24) is 10.2 Å². The van der Waals surface area contributed by atoms with Crippen LogP contribution in [0.3, 0.4) is 0 Å². The molecule has 7 nitrogen and oxygen atoms in total. The van der Waals surface area contributed by atoms with E-state index in [9.17, 15) is 19.5 Å². The van der Waals surface area contributed by atoms with Crippen LogP contribution in [0.25, 0.3) is 0 Å². The molecule has 8 heteroatoms. The number of aldehydes is 1. The summed E-state index contributed by atoms with van der Waals surface area (Å²) in [5.74, 6) is 0.243. The largest absolute Gasteiger partial charge is 0.464 e. The number of carbonyl (C=O) groups is 3. The molecule has 167 valence electrons. The molecule has 2 fully saturated rings. The second-order valence-corrected chi connectivity index (χ2v) is 8.78. The Morgan fingerprint density at radius 1 is 1.34 bits per heavy atom. The molecule has 3 atom stereocenters. The molecule has 0 spiro atoms. The van der Waals surface area contributed by atoms with Crippen LogP contribution in [-0.2, 0) is 37.7 Å². The minimum atomic E-state index is -1.03. The maximum Gasteiger partial charge on any atom is 0.336 e. The van der Waals surface area contributed by atoms with Gasteiger partial charge in [0.05, 0.1) is 12.6 Å². The van der Waals surface area contributed by atoms with Crippen molar-refractivity contribution in [2.45, 2.75) is 78.0 Å². The van der Waals surface area contributed by atoms with Gasteiger partial charge in [0.25, 0.3) is 0 Å². The number of hydrogen-bond donors (Lipinski definition) is 2. The molecule has 3 unspecified atom stereocenters. The predicted octanol–water partition coefficient (Wildman–Crippen LogP) is 1.72. The zero-order valence-electron chi connectivity index (χ0n) is 18.4. The molecule has 1 saturated heterocycles. The number of aliphatic hydroxyl groups is 1. The van der Waals surface area contributed by atoms with E-state index in [2.05, 4.69) is 5.32 Å². The standard InChI is InChI=1S/C11H18NO2.C10H19NO3.V/c1-11(2,3)7-10(14)12-6-4-5-9(12)8-13;1-3-14-10(13)9(12)8(11-2)6-7-4-5-7;/h4,8-9H,5-7H2,1-3H3;7-9,11-12H,3-6H2,1-2H3;/q-1;;. The second kappa shape index (κ2) is 13.4. The van der Waals surface area contributed by atoms with Crippen LogP contribution in [0.2, 0.25) is 0 Å². The van der Waals surface area contributed by atoms with Crippen molar-refractivity contribution in [2.75, 3.05) is 20.2 Å². The quantitative estimate of drug-likeness (QED) is 0.334. The van der Waals surface area contributed by atoms with Crippen LogP contribution >= 0.6 is 0 Å². The molecule has 29 heavy (non-hydrogen) atoms. The van der Waals surface area contributed by atoms with E-state index in [4.69, 9.17) is 4.74 Å². The van der Waals surface area contributed by atoms with Crippen LogP contribution < -0.4 is 5.32 Å². The molecule has 1 aliphatic carbocycles. The van der Waals surface area contributed by atoms with E-state index < -0.39 is 12.1 Å². The molecule has 2 aliphatic rings. The number of aliphatic hydroxyl groups excluding tert-OH is 1. The fourth-order valence-corrected chi connectivity index (χ4v) is 3.13. The van der Waals surface area contributed by atoms with Crippen molar-refractivity contribution in [3.63, 3.8) is 0 Å². The van der Waals surface area contributed by atoms with Crippen LogP contribution in [0, 0.1) is 17.8 Å². The normalized spacial score (nSPS) is 20.6. The molecule has 0 aromatic carbocycles. The summed E-state index contributed by atoms with van der Waals surface area (Å²) in [5, 5.41) is 12.6. The molecule has 1 radical (unpaired) electrons. The summed E-state index contributed by atoms with van der Waals surface area (Å²) < 4.78 is 4.76. The molecule has 1 amide bonds.